The van der Waals surface area contributed by atoms with E-state index < -0.39 is 0 Å². The molecule has 1 N–H and O–H groups in total. The van der Waals surface area contributed by atoms with Gasteiger partial charge in [-0.1, -0.05) is 12.0 Å². The topological polar surface area (TPSA) is 58.9 Å². The van der Waals surface area contributed by atoms with Crippen LogP contribution in [0.1, 0.15) is 39.0 Å². The Morgan fingerprint density at radius 1 is 1.33 bits per heavy atom. The Morgan fingerprint density at radius 2 is 2.06 bits per heavy atom. The van der Waals surface area contributed by atoms with Gasteiger partial charge in [-0.15, -0.1) is 0 Å². The molecule has 2 bridgehead atoms. The number of piperidine rings is 1. The van der Waals surface area contributed by atoms with E-state index in [4.69, 9.17) is 0 Å². The molecule has 0 amide bonds. The maximum absolute atomic E-state index is 4.19. The first-order chi connectivity index (χ1) is 8.78. The largest absolute Gasteiger partial charge is 0.337 e. The van der Waals surface area contributed by atoms with Crippen LogP contribution in [-0.2, 0) is 7.05 Å². The number of hydrogen-bond acceptors (Lipinski definition) is 5. The highest BCUT2D eigenvalue weighted by molar-refractivity contribution is 5.30. The van der Waals surface area contributed by atoms with Gasteiger partial charge in [0.25, 0.3) is 0 Å². The summed E-state index contributed by atoms with van der Waals surface area (Å²) < 4.78 is 1.79. The third-order valence-corrected chi connectivity index (χ3v) is 4.21. The minimum absolute atomic E-state index is 0.591. The van der Waals surface area contributed by atoms with Crippen LogP contribution in [0.25, 0.3) is 0 Å². The summed E-state index contributed by atoms with van der Waals surface area (Å²) in [7, 11) is 1.92. The number of fused-ring (bicyclic) bond motifs is 2. The molecule has 2 aliphatic heterocycles. The van der Waals surface area contributed by atoms with Crippen LogP contribution in [0.3, 0.4) is 0 Å². The van der Waals surface area contributed by atoms with Crippen LogP contribution >= 0.6 is 0 Å². The summed E-state index contributed by atoms with van der Waals surface area (Å²) >= 11 is 0. The highest BCUT2D eigenvalue weighted by Crippen LogP contribution is 2.31. The van der Waals surface area contributed by atoms with Crippen molar-refractivity contribution >= 4 is 5.95 Å². The molecule has 3 rings (SSSR count). The first kappa shape index (κ1) is 11.9. The summed E-state index contributed by atoms with van der Waals surface area (Å²) in [4.78, 5) is 2.41. The normalized spacial score (nSPS) is 30.7. The molecule has 3 heterocycles. The molecule has 18 heavy (non-hydrogen) atoms. The molecule has 100 valence electrons. The van der Waals surface area contributed by atoms with Crippen molar-refractivity contribution in [1.29, 1.82) is 0 Å². The number of anilines is 1. The minimum atomic E-state index is 0.591. The molecule has 0 spiro atoms. The van der Waals surface area contributed by atoms with E-state index in [1.54, 1.807) is 4.68 Å². The average molecular weight is 250 g/mol. The summed E-state index contributed by atoms with van der Waals surface area (Å²) in [6.07, 6.45) is 6.25. The van der Waals surface area contributed by atoms with Crippen molar-refractivity contribution in [3.05, 3.63) is 0 Å². The second kappa shape index (κ2) is 4.84. The van der Waals surface area contributed by atoms with Gasteiger partial charge in [-0.05, 0) is 42.5 Å². The SMILES string of the molecule is CCCN(c1nnnn1C)C1CC2CCC(C1)N2. The lowest BCUT2D eigenvalue weighted by Gasteiger charge is -2.37. The van der Waals surface area contributed by atoms with Crippen LogP contribution < -0.4 is 10.2 Å². The number of nitrogens with zero attached hydrogens (tertiary/aromatic N) is 5. The molecular weight excluding hydrogens is 228 g/mol. The number of aryl methyl sites for hydroxylation is 1. The number of tetrazole rings is 1. The average Bonchev–Trinajstić information content (AvgIpc) is 2.93. The molecule has 0 aliphatic carbocycles. The third kappa shape index (κ3) is 2.09. The Labute approximate surface area is 108 Å². The molecule has 2 fully saturated rings. The van der Waals surface area contributed by atoms with Gasteiger partial charge in [0.05, 0.1) is 0 Å². The van der Waals surface area contributed by atoms with Gasteiger partial charge in [0, 0.05) is 31.7 Å². The fraction of sp³-hybridized carbons (Fsp3) is 0.917. The van der Waals surface area contributed by atoms with Crippen LogP contribution in [0, 0.1) is 0 Å². The number of aromatic nitrogens is 4. The van der Waals surface area contributed by atoms with Crippen LogP contribution in [0.2, 0.25) is 0 Å². The Bertz CT molecular complexity index is 391. The van der Waals surface area contributed by atoms with Crippen LogP contribution in [0.15, 0.2) is 0 Å². The smallest absolute Gasteiger partial charge is 0.245 e. The van der Waals surface area contributed by atoms with Crippen molar-refractivity contribution in [2.75, 3.05) is 11.4 Å². The second-order valence-corrected chi connectivity index (χ2v) is 5.56. The van der Waals surface area contributed by atoms with E-state index in [9.17, 15) is 0 Å². The molecule has 2 saturated heterocycles. The zero-order chi connectivity index (χ0) is 12.5. The maximum atomic E-state index is 4.19. The molecule has 2 atom stereocenters. The number of hydrogen-bond donors (Lipinski definition) is 1. The quantitative estimate of drug-likeness (QED) is 0.853. The van der Waals surface area contributed by atoms with Gasteiger partial charge in [0.1, 0.15) is 0 Å². The number of rotatable bonds is 4. The Balaban J connectivity index is 1.79. The summed E-state index contributed by atoms with van der Waals surface area (Å²) in [5.74, 6) is 0.920. The summed E-state index contributed by atoms with van der Waals surface area (Å²) in [6.45, 7) is 3.25. The van der Waals surface area contributed by atoms with E-state index in [-0.39, 0.29) is 0 Å². The van der Waals surface area contributed by atoms with E-state index in [0.717, 1.165) is 18.9 Å². The van der Waals surface area contributed by atoms with Crippen LogP contribution in [0.4, 0.5) is 5.95 Å². The summed E-state index contributed by atoms with van der Waals surface area (Å²) in [5.41, 5.74) is 0. The van der Waals surface area contributed by atoms with Gasteiger partial charge in [-0.2, -0.15) is 0 Å². The standard InChI is InChI=1S/C12H22N6/c1-3-6-18(12-14-15-16-17(12)2)11-7-9-4-5-10(8-11)13-9/h9-11,13H,3-8H2,1-2H3. The number of nitrogens with one attached hydrogen (secondary N) is 1. The molecule has 1 aromatic rings. The van der Waals surface area contributed by atoms with Gasteiger partial charge in [-0.25, -0.2) is 4.68 Å². The van der Waals surface area contributed by atoms with Gasteiger partial charge in [0.2, 0.25) is 5.95 Å². The van der Waals surface area contributed by atoms with Gasteiger partial charge >= 0.3 is 0 Å². The predicted molar refractivity (Wildman–Crippen MR) is 69.4 cm³/mol. The van der Waals surface area contributed by atoms with E-state index >= 15 is 0 Å². The van der Waals surface area contributed by atoms with Gasteiger partial charge < -0.3 is 10.2 Å². The lowest BCUT2D eigenvalue weighted by atomic mass is 9.98. The van der Waals surface area contributed by atoms with E-state index in [2.05, 4.69) is 32.7 Å². The highest BCUT2D eigenvalue weighted by Gasteiger charge is 2.37. The molecule has 6 heteroatoms. The maximum Gasteiger partial charge on any atom is 0.245 e. The van der Waals surface area contributed by atoms with Crippen LogP contribution in [0.5, 0.6) is 0 Å². The zero-order valence-electron chi connectivity index (χ0n) is 11.2. The van der Waals surface area contributed by atoms with Crippen molar-refractivity contribution < 1.29 is 0 Å². The summed E-state index contributed by atoms with van der Waals surface area (Å²) in [5, 5.41) is 15.6. The monoisotopic (exact) mass is 250 g/mol. The molecule has 0 radical (unpaired) electrons. The molecule has 0 aromatic carbocycles. The molecular formula is C12H22N6. The first-order valence-electron chi connectivity index (χ1n) is 7.03. The van der Waals surface area contributed by atoms with Crippen molar-refractivity contribution in [3.63, 3.8) is 0 Å². The lowest BCUT2D eigenvalue weighted by molar-refractivity contribution is 0.342. The van der Waals surface area contributed by atoms with Crippen molar-refractivity contribution in [3.8, 4) is 0 Å². The second-order valence-electron chi connectivity index (χ2n) is 5.56. The van der Waals surface area contributed by atoms with Crippen molar-refractivity contribution in [2.45, 2.75) is 57.2 Å². The fourth-order valence-electron chi connectivity index (χ4n) is 3.44. The van der Waals surface area contributed by atoms with Gasteiger partial charge in [-0.3, -0.25) is 0 Å². The molecule has 6 nitrogen and oxygen atoms in total. The summed E-state index contributed by atoms with van der Waals surface area (Å²) in [6, 6.07) is 2.00. The third-order valence-electron chi connectivity index (χ3n) is 4.21. The van der Waals surface area contributed by atoms with Crippen molar-refractivity contribution in [2.24, 2.45) is 7.05 Å². The van der Waals surface area contributed by atoms with E-state index in [1.165, 1.54) is 25.7 Å². The molecule has 2 unspecified atom stereocenters. The zero-order valence-corrected chi connectivity index (χ0v) is 11.2. The Morgan fingerprint density at radius 3 is 2.61 bits per heavy atom. The van der Waals surface area contributed by atoms with Gasteiger partial charge in [0.15, 0.2) is 0 Å². The Hall–Kier alpha value is -1.17. The molecule has 1 aromatic heterocycles. The lowest BCUT2D eigenvalue weighted by Crippen LogP contribution is -2.49. The van der Waals surface area contributed by atoms with E-state index in [1.807, 2.05) is 7.05 Å². The predicted octanol–water partition coefficient (Wildman–Crippen LogP) is 0.709. The minimum Gasteiger partial charge on any atom is -0.337 e. The molecule has 2 aliphatic rings. The van der Waals surface area contributed by atoms with E-state index in [0.29, 0.717) is 18.1 Å². The van der Waals surface area contributed by atoms with Crippen molar-refractivity contribution in [1.82, 2.24) is 25.5 Å². The van der Waals surface area contributed by atoms with Crippen LogP contribution in [-0.4, -0.2) is 44.9 Å². The first-order valence-corrected chi connectivity index (χ1v) is 7.03. The Kier molecular flexibility index (Phi) is 3.20. The highest BCUT2D eigenvalue weighted by atomic mass is 15.6. The fourth-order valence-corrected chi connectivity index (χ4v) is 3.44. The molecule has 0 saturated carbocycles.